The van der Waals surface area contributed by atoms with Crippen molar-refractivity contribution in [2.45, 2.75) is 137 Å². The summed E-state index contributed by atoms with van der Waals surface area (Å²) in [5.74, 6) is 3.45. The number of benzene rings is 8. The van der Waals surface area contributed by atoms with Gasteiger partial charge in [0.05, 0.1) is 89.1 Å². The van der Waals surface area contributed by atoms with Gasteiger partial charge in [-0.25, -0.2) is 48.7 Å². The number of rotatable bonds is 34. The van der Waals surface area contributed by atoms with Gasteiger partial charge in [-0.2, -0.15) is 10.5 Å². The number of halogens is 2. The van der Waals surface area contributed by atoms with Crippen LogP contribution in [0, 0.1) is 40.2 Å². The Morgan fingerprint density at radius 1 is 0.515 bits per heavy atom. The molecule has 4 aromatic heterocycles. The van der Waals surface area contributed by atoms with E-state index in [0.717, 1.165) is 72.0 Å². The van der Waals surface area contributed by atoms with Crippen LogP contribution in [0.2, 0.25) is 0 Å². The van der Waals surface area contributed by atoms with Crippen LogP contribution in [-0.2, 0) is 30.8 Å². The summed E-state index contributed by atoms with van der Waals surface area (Å²) in [5.41, 5.74) is 10.3. The van der Waals surface area contributed by atoms with E-state index in [2.05, 4.69) is 70.2 Å². The summed E-state index contributed by atoms with van der Waals surface area (Å²) in [6.45, 7) is 14.4. The van der Waals surface area contributed by atoms with Crippen LogP contribution in [0.5, 0.6) is 23.0 Å². The average molecular weight is 1790 g/mol. The van der Waals surface area contributed by atoms with Crippen LogP contribution >= 0.6 is 0 Å². The van der Waals surface area contributed by atoms with E-state index < -0.39 is 11.6 Å². The molecule has 8 aromatic carbocycles. The molecule has 686 valence electrons. The summed E-state index contributed by atoms with van der Waals surface area (Å²) in [7, 11) is 8.64. The van der Waals surface area contributed by atoms with E-state index in [1.165, 1.54) is 56.6 Å². The highest BCUT2D eigenvalue weighted by Crippen LogP contribution is 2.37. The first-order valence-electron chi connectivity index (χ1n) is 44.4. The normalized spacial score (nSPS) is 12.4. The Hall–Kier alpha value is -14.8. The summed E-state index contributed by atoms with van der Waals surface area (Å²) in [6, 6.07) is 62.2. The number of likely N-dealkylation sites (N-methyl/N-ethyl adjacent to an activating group) is 1. The van der Waals surface area contributed by atoms with Crippen LogP contribution in [0.1, 0.15) is 170 Å². The molecule has 2 aliphatic carbocycles. The van der Waals surface area contributed by atoms with Gasteiger partial charge < -0.3 is 64.6 Å². The Bertz CT molecular complexity index is 5970. The van der Waals surface area contributed by atoms with E-state index in [4.69, 9.17) is 44.2 Å². The number of nitrogens with one attached hydrogen (secondary N) is 4. The van der Waals surface area contributed by atoms with E-state index >= 15 is 0 Å². The number of carbonyl (C=O) groups excluding carboxylic acids is 4. The fraction of sp³-hybridized carbons (Fsp3) is 0.320. The molecule has 0 unspecified atom stereocenters. The second-order valence-corrected chi connectivity index (χ2v) is 32.6. The number of hydrogen-bond donors (Lipinski definition) is 4. The van der Waals surface area contributed by atoms with Gasteiger partial charge in [0.15, 0.2) is 23.0 Å². The zero-order valence-electron chi connectivity index (χ0n) is 76.2. The van der Waals surface area contributed by atoms with E-state index in [-0.39, 0.29) is 91.0 Å². The van der Waals surface area contributed by atoms with Crippen molar-refractivity contribution in [3.05, 3.63) is 286 Å². The predicted molar refractivity (Wildman–Crippen MR) is 511 cm³/mol. The summed E-state index contributed by atoms with van der Waals surface area (Å²) in [5, 5.41) is 30.7. The molecule has 0 radical (unpaired) electrons. The van der Waals surface area contributed by atoms with Gasteiger partial charge >= 0.3 is 0 Å². The van der Waals surface area contributed by atoms with Crippen LogP contribution in [0.15, 0.2) is 219 Å². The molecule has 0 saturated heterocycles. The molecule has 27 nitrogen and oxygen atoms in total. The van der Waals surface area contributed by atoms with Gasteiger partial charge in [0.2, 0.25) is 30.6 Å². The third kappa shape index (κ3) is 26.2. The summed E-state index contributed by atoms with van der Waals surface area (Å²) in [6.07, 6.45) is 17.0. The van der Waals surface area contributed by atoms with Crippen molar-refractivity contribution in [1.29, 1.82) is 10.5 Å². The van der Waals surface area contributed by atoms with E-state index in [1.807, 2.05) is 161 Å². The summed E-state index contributed by atoms with van der Waals surface area (Å²) < 4.78 is 56.1. The van der Waals surface area contributed by atoms with Gasteiger partial charge in [-0.05, 0) is 167 Å². The monoisotopic (exact) mass is 1790 g/mol. The Morgan fingerprint density at radius 3 is 1.54 bits per heavy atom. The highest BCUT2D eigenvalue weighted by Gasteiger charge is 2.31. The molecular formula is C103H116F2N18O9. The Labute approximate surface area is 773 Å². The summed E-state index contributed by atoms with van der Waals surface area (Å²) >= 11 is 0. The quantitative estimate of drug-likeness (QED) is 0.0272. The molecule has 12 aromatic rings. The maximum absolute atomic E-state index is 14.9. The van der Waals surface area contributed by atoms with Crippen LogP contribution in [0.4, 0.5) is 32.6 Å². The van der Waals surface area contributed by atoms with Crippen molar-refractivity contribution in [3.63, 3.8) is 0 Å². The maximum Gasteiger partial charge on any atom is 0.258 e. The highest BCUT2D eigenvalue weighted by molar-refractivity contribution is 6.02. The van der Waals surface area contributed by atoms with Crippen LogP contribution in [-0.4, -0.2) is 171 Å². The number of unbranched alkanes of at least 4 members (excludes halogenated alkanes) is 1. The number of carbonyl (C=O) groups is 4. The van der Waals surface area contributed by atoms with Crippen molar-refractivity contribution < 1.29 is 54.5 Å². The van der Waals surface area contributed by atoms with Crippen LogP contribution in [0.3, 0.4) is 0 Å². The number of ether oxygens (including phenoxy) is 5. The molecule has 0 bridgehead atoms. The van der Waals surface area contributed by atoms with Gasteiger partial charge in [0.1, 0.15) is 11.6 Å². The van der Waals surface area contributed by atoms with Crippen molar-refractivity contribution in [2.24, 2.45) is 5.92 Å². The van der Waals surface area contributed by atoms with Crippen LogP contribution in [0.25, 0.3) is 45.0 Å². The second kappa shape index (κ2) is 48.0. The molecule has 0 spiro atoms. The van der Waals surface area contributed by atoms with Gasteiger partial charge in [-0.15, -0.1) is 0 Å². The molecule has 15 rings (SSSR count). The lowest BCUT2D eigenvalue weighted by atomic mass is 9.94. The number of nitriles is 2. The minimum absolute atomic E-state index is 0. The predicted octanol–water partition coefficient (Wildman–Crippen LogP) is 19.0. The zero-order valence-corrected chi connectivity index (χ0v) is 76.2. The average Bonchev–Trinajstić information content (AvgIpc) is 0.865. The Kier molecular flexibility index (Phi) is 35.0. The Morgan fingerprint density at radius 2 is 1.02 bits per heavy atom. The lowest BCUT2D eigenvalue weighted by molar-refractivity contribution is 0.0682. The number of nitrogens with zero attached hydrogens (tertiary/aromatic N) is 14. The number of aromatic nitrogens is 8. The number of anilines is 4. The van der Waals surface area contributed by atoms with E-state index in [9.17, 15) is 28.0 Å². The largest absolute Gasteiger partial charge is 0.493 e. The minimum atomic E-state index is -0.462. The van der Waals surface area contributed by atoms with Crippen molar-refractivity contribution in [3.8, 4) is 80.2 Å². The number of hydrogen-bond acceptors (Lipinski definition) is 23. The number of fused-ring (bicyclic) bond motifs is 1. The standard InChI is InChI=1S/C29H27FN4O3.C27H31N5O3.C24H27FN4O2.C23H27N5O.2H2/c1-19(2)34(17-20-8-4-3-5-9-20)28(35)23-16-32-29(33-27(23)22-10-6-7-11-24(22)30)31-15-21-12-13-25-26(14-21)37-18-36-25;1-5-6-14-29-26(33)22-18-30-27(31-25(22)21-10-7-20(17-28)8-11-21)32(2)15-13-19-9-12-23(34-3)24(16-19)35-4;1-17(2)29(16-18-9-5-4-6-10-18)23(30)20-15-27-24(26-13-14-31-3)28-22(20)19-11-7-8-12-21(19)25;1-28(19-5-3-2-4-6-19)22(29)20-15-26-23(25-14-17-7-8-17)27-21(20)18-11-9-16(13-24)10-12-18;;/h3-14,16,19H,15,17-18H2,1-2H3,(H,31,32,33);7-12,16,18H,5-6,13-15H2,1-4H3,(H,29,33);4-12,15,17H,13-14,16H2,1-3H3,(H,26,27,28);9-12,15,17,19H,2-8,14H2,1H3,(H,25,26,27);2*1H. The minimum Gasteiger partial charge on any atom is -0.493 e. The molecule has 2 saturated carbocycles. The maximum atomic E-state index is 14.9. The lowest BCUT2D eigenvalue weighted by Gasteiger charge is -2.31. The lowest BCUT2D eigenvalue weighted by Crippen LogP contribution is -2.38. The first-order chi connectivity index (χ1) is 64.1. The zero-order chi connectivity index (χ0) is 93.4. The first-order valence-corrected chi connectivity index (χ1v) is 44.4. The first kappa shape index (κ1) is 96.2. The smallest absolute Gasteiger partial charge is 0.258 e. The molecule has 0 atom stereocenters. The fourth-order valence-corrected chi connectivity index (χ4v) is 14.8. The van der Waals surface area contributed by atoms with Gasteiger partial charge in [0.25, 0.3) is 23.6 Å². The fourth-order valence-electron chi connectivity index (χ4n) is 14.8. The molecule has 5 heterocycles. The van der Waals surface area contributed by atoms with Gasteiger partial charge in [-0.1, -0.05) is 154 Å². The van der Waals surface area contributed by atoms with Crippen molar-refractivity contribution in [2.75, 3.05) is 95.9 Å². The van der Waals surface area contributed by atoms with E-state index in [1.54, 1.807) is 116 Å². The third-order valence-electron chi connectivity index (χ3n) is 22.6. The van der Waals surface area contributed by atoms with Gasteiger partial charge in [0, 0.05) is 135 Å². The molecule has 2 fully saturated rings. The highest BCUT2D eigenvalue weighted by atomic mass is 19.1. The summed E-state index contributed by atoms with van der Waals surface area (Å²) in [4.78, 5) is 96.9. The molecule has 132 heavy (non-hydrogen) atoms. The Balaban J connectivity index is 0.000000185. The molecule has 4 N–H and O–H groups in total. The molecule has 4 amide bonds. The van der Waals surface area contributed by atoms with Gasteiger partial charge in [-0.3, -0.25) is 19.2 Å². The third-order valence-corrected chi connectivity index (χ3v) is 22.6. The second-order valence-electron chi connectivity index (χ2n) is 32.6. The topological polar surface area (TPSA) is 326 Å². The molecule has 1 aliphatic heterocycles. The molecule has 3 aliphatic rings. The van der Waals surface area contributed by atoms with E-state index in [0.29, 0.717) is 126 Å². The van der Waals surface area contributed by atoms with Crippen LogP contribution < -0.4 is 45.1 Å². The van der Waals surface area contributed by atoms with Crippen molar-refractivity contribution >= 4 is 47.4 Å². The number of methoxy groups -OCH3 is 3. The van der Waals surface area contributed by atoms with Crippen molar-refractivity contribution in [1.82, 2.24) is 59.9 Å². The SMILES string of the molecule is CC(C)N(Cc1ccccc1)C(=O)c1cnc(NCc2ccc3c(c2)OCO3)nc1-c1ccccc1F.CCCCNC(=O)c1cnc(N(C)CCc2ccc(OC)c(OC)c2)nc1-c1ccc(C#N)cc1.CN(C(=O)c1cnc(NCC2CC2)nc1-c1ccc(C#N)cc1)C1CCCCC1.COCCNc1ncc(C(=O)N(Cc2ccccc2)C(C)C)c(-c2ccccc2F)n1.[HH].[HH]. The number of amides is 4. The molecular weight excluding hydrogens is 1670 g/mol. The molecule has 29 heteroatoms.